The molecular weight excluding hydrogens is 294 g/mol. The number of hydrogen-bond acceptors (Lipinski definition) is 5. The van der Waals surface area contributed by atoms with Crippen molar-refractivity contribution >= 4 is 18.3 Å². The maximum absolute atomic E-state index is 12.5. The normalized spacial score (nSPS) is 27.7. The van der Waals surface area contributed by atoms with Gasteiger partial charge in [0.25, 0.3) is 0 Å². The minimum absolute atomic E-state index is 0.225. The Labute approximate surface area is 136 Å². The van der Waals surface area contributed by atoms with Gasteiger partial charge in [-0.05, 0) is 12.8 Å². The minimum atomic E-state index is -0.694. The molecule has 7 heteroatoms. The molecule has 1 N–H and O–H groups in total. The molecule has 2 heterocycles. The van der Waals surface area contributed by atoms with E-state index in [2.05, 4.69) is 11.4 Å². The largest absolute Gasteiger partial charge is 0.342 e. The molecule has 1 unspecified atom stereocenters. The SMILES string of the molecule is N#CC1C(=O)NC(N2CCN(C=O)CC2)=NC12CCCCCC2. The third kappa shape index (κ3) is 3.03. The Balaban J connectivity index is 1.85. The third-order valence-electron chi connectivity index (χ3n) is 5.22. The Bertz CT molecular complexity index is 537. The van der Waals surface area contributed by atoms with Gasteiger partial charge in [0, 0.05) is 26.2 Å². The summed E-state index contributed by atoms with van der Waals surface area (Å²) in [5.74, 6) is -0.327. The van der Waals surface area contributed by atoms with Crippen LogP contribution in [-0.4, -0.2) is 59.8 Å². The van der Waals surface area contributed by atoms with Crippen molar-refractivity contribution in [2.45, 2.75) is 44.1 Å². The summed E-state index contributed by atoms with van der Waals surface area (Å²) in [6.07, 6.45) is 6.78. The van der Waals surface area contributed by atoms with Crippen LogP contribution >= 0.6 is 0 Å². The molecule has 2 aliphatic heterocycles. The van der Waals surface area contributed by atoms with Crippen LogP contribution in [0.1, 0.15) is 38.5 Å². The number of guanidine groups is 1. The molecule has 0 radical (unpaired) electrons. The zero-order chi connectivity index (χ0) is 16.3. The summed E-state index contributed by atoms with van der Waals surface area (Å²) in [6, 6.07) is 2.19. The fourth-order valence-corrected chi connectivity index (χ4v) is 3.84. The molecule has 1 saturated carbocycles. The maximum Gasteiger partial charge on any atom is 0.246 e. The van der Waals surface area contributed by atoms with E-state index < -0.39 is 11.5 Å². The van der Waals surface area contributed by atoms with Gasteiger partial charge in [0.2, 0.25) is 18.3 Å². The molecule has 124 valence electrons. The molecule has 2 fully saturated rings. The van der Waals surface area contributed by atoms with Crippen molar-refractivity contribution in [3.05, 3.63) is 0 Å². The number of nitriles is 1. The zero-order valence-corrected chi connectivity index (χ0v) is 13.3. The molecule has 3 aliphatic rings. The summed E-state index contributed by atoms with van der Waals surface area (Å²) in [4.78, 5) is 31.9. The van der Waals surface area contributed by atoms with Gasteiger partial charge in [0.15, 0.2) is 5.92 Å². The number of hydrogen-bond donors (Lipinski definition) is 1. The fraction of sp³-hybridized carbons (Fsp3) is 0.750. The molecule has 3 rings (SSSR count). The molecule has 23 heavy (non-hydrogen) atoms. The highest BCUT2D eigenvalue weighted by molar-refractivity contribution is 6.02. The summed E-state index contributed by atoms with van der Waals surface area (Å²) in [5, 5.41) is 12.3. The van der Waals surface area contributed by atoms with Crippen molar-refractivity contribution in [2.24, 2.45) is 10.9 Å². The third-order valence-corrected chi connectivity index (χ3v) is 5.22. The monoisotopic (exact) mass is 317 g/mol. The van der Waals surface area contributed by atoms with Gasteiger partial charge in [0.05, 0.1) is 11.6 Å². The van der Waals surface area contributed by atoms with E-state index in [0.717, 1.165) is 44.9 Å². The van der Waals surface area contributed by atoms with Gasteiger partial charge < -0.3 is 9.80 Å². The van der Waals surface area contributed by atoms with E-state index in [-0.39, 0.29) is 5.91 Å². The predicted octanol–water partition coefficient (Wildman–Crippen LogP) is 0.479. The van der Waals surface area contributed by atoms with Gasteiger partial charge in [-0.1, -0.05) is 25.7 Å². The van der Waals surface area contributed by atoms with Crippen LogP contribution in [0.5, 0.6) is 0 Å². The van der Waals surface area contributed by atoms with Crippen LogP contribution < -0.4 is 5.32 Å². The summed E-state index contributed by atoms with van der Waals surface area (Å²) < 4.78 is 0. The maximum atomic E-state index is 12.5. The number of piperazine rings is 1. The number of amides is 2. The van der Waals surface area contributed by atoms with Crippen molar-refractivity contribution in [2.75, 3.05) is 26.2 Å². The van der Waals surface area contributed by atoms with E-state index in [4.69, 9.17) is 4.99 Å². The summed E-state index contributed by atoms with van der Waals surface area (Å²) in [5.41, 5.74) is -0.565. The van der Waals surface area contributed by atoms with Crippen molar-refractivity contribution in [3.8, 4) is 6.07 Å². The fourth-order valence-electron chi connectivity index (χ4n) is 3.84. The standard InChI is InChI=1S/C16H23N5O2/c17-11-13-14(23)18-15(21-9-7-20(12-22)8-10-21)19-16(13)5-3-1-2-4-6-16/h12-13H,1-10H2,(H,18,19,23). The van der Waals surface area contributed by atoms with Crippen LogP contribution in [0.4, 0.5) is 0 Å². The second kappa shape index (κ2) is 6.57. The minimum Gasteiger partial charge on any atom is -0.342 e. The van der Waals surface area contributed by atoms with E-state index in [0.29, 0.717) is 32.1 Å². The Morgan fingerprint density at radius 2 is 1.83 bits per heavy atom. The molecular formula is C16H23N5O2. The Hall–Kier alpha value is -2.10. The van der Waals surface area contributed by atoms with Crippen molar-refractivity contribution < 1.29 is 9.59 Å². The molecule has 0 aromatic heterocycles. The van der Waals surface area contributed by atoms with Crippen LogP contribution in [0.3, 0.4) is 0 Å². The number of carbonyl (C=O) groups excluding carboxylic acids is 2. The lowest BCUT2D eigenvalue weighted by molar-refractivity contribution is -0.125. The second-order valence-electron chi connectivity index (χ2n) is 6.63. The number of nitrogens with zero attached hydrogens (tertiary/aromatic N) is 4. The van der Waals surface area contributed by atoms with Crippen molar-refractivity contribution in [1.29, 1.82) is 5.26 Å². The van der Waals surface area contributed by atoms with Crippen LogP contribution in [0.25, 0.3) is 0 Å². The lowest BCUT2D eigenvalue weighted by Gasteiger charge is -2.41. The molecule has 0 bridgehead atoms. The molecule has 1 saturated heterocycles. The highest BCUT2D eigenvalue weighted by atomic mass is 16.2. The van der Waals surface area contributed by atoms with E-state index >= 15 is 0 Å². The topological polar surface area (TPSA) is 88.8 Å². The summed E-state index contributed by atoms with van der Waals surface area (Å²) >= 11 is 0. The molecule has 1 aliphatic carbocycles. The van der Waals surface area contributed by atoms with E-state index in [1.807, 2.05) is 4.90 Å². The molecule has 1 atom stereocenters. The molecule has 7 nitrogen and oxygen atoms in total. The van der Waals surface area contributed by atoms with E-state index in [1.54, 1.807) is 4.90 Å². The average Bonchev–Trinajstić information content (AvgIpc) is 2.81. The van der Waals surface area contributed by atoms with Gasteiger partial charge in [-0.3, -0.25) is 14.9 Å². The quantitative estimate of drug-likeness (QED) is 0.712. The van der Waals surface area contributed by atoms with Gasteiger partial charge >= 0.3 is 0 Å². The summed E-state index contributed by atoms with van der Waals surface area (Å²) in [7, 11) is 0. The highest BCUT2D eigenvalue weighted by Crippen LogP contribution is 2.38. The Morgan fingerprint density at radius 3 is 2.39 bits per heavy atom. The molecule has 0 aromatic rings. The first-order valence-corrected chi connectivity index (χ1v) is 8.43. The Kier molecular flexibility index (Phi) is 4.51. The number of nitrogens with one attached hydrogen (secondary N) is 1. The van der Waals surface area contributed by atoms with Crippen LogP contribution in [0, 0.1) is 17.2 Å². The highest BCUT2D eigenvalue weighted by Gasteiger charge is 2.47. The number of aliphatic imine (C=N–C) groups is 1. The van der Waals surface area contributed by atoms with Crippen LogP contribution in [0.2, 0.25) is 0 Å². The van der Waals surface area contributed by atoms with E-state index in [1.165, 1.54) is 0 Å². The van der Waals surface area contributed by atoms with Crippen LogP contribution in [-0.2, 0) is 9.59 Å². The van der Waals surface area contributed by atoms with Gasteiger partial charge in [-0.2, -0.15) is 5.26 Å². The molecule has 0 aromatic carbocycles. The number of rotatable bonds is 1. The van der Waals surface area contributed by atoms with E-state index in [9.17, 15) is 14.9 Å². The zero-order valence-electron chi connectivity index (χ0n) is 13.3. The summed E-state index contributed by atoms with van der Waals surface area (Å²) in [6.45, 7) is 2.58. The first-order chi connectivity index (χ1) is 11.2. The first kappa shape index (κ1) is 15.8. The van der Waals surface area contributed by atoms with Gasteiger partial charge in [0.1, 0.15) is 0 Å². The first-order valence-electron chi connectivity index (χ1n) is 8.43. The number of carbonyl (C=O) groups is 2. The van der Waals surface area contributed by atoms with Crippen molar-refractivity contribution in [1.82, 2.24) is 15.1 Å². The lowest BCUT2D eigenvalue weighted by Crippen LogP contribution is -2.60. The Morgan fingerprint density at radius 1 is 1.17 bits per heavy atom. The second-order valence-corrected chi connectivity index (χ2v) is 6.63. The molecule has 1 spiro atoms. The lowest BCUT2D eigenvalue weighted by atomic mass is 9.77. The predicted molar refractivity (Wildman–Crippen MR) is 84.3 cm³/mol. The van der Waals surface area contributed by atoms with Crippen LogP contribution in [0.15, 0.2) is 4.99 Å². The smallest absolute Gasteiger partial charge is 0.246 e. The van der Waals surface area contributed by atoms with Gasteiger partial charge in [-0.25, -0.2) is 4.99 Å². The van der Waals surface area contributed by atoms with Gasteiger partial charge in [-0.15, -0.1) is 0 Å². The average molecular weight is 317 g/mol. The van der Waals surface area contributed by atoms with Crippen molar-refractivity contribution in [3.63, 3.8) is 0 Å². The molecule has 2 amide bonds.